The predicted molar refractivity (Wildman–Crippen MR) is 93.1 cm³/mol. The van der Waals surface area contributed by atoms with Gasteiger partial charge in [0.05, 0.1) is 11.7 Å². The Balaban J connectivity index is 1.70. The van der Waals surface area contributed by atoms with E-state index in [4.69, 9.17) is 5.73 Å². The lowest BCUT2D eigenvalue weighted by Gasteiger charge is -2.27. The summed E-state index contributed by atoms with van der Waals surface area (Å²) >= 11 is 0. The minimum Gasteiger partial charge on any atom is -0.365 e. The summed E-state index contributed by atoms with van der Waals surface area (Å²) in [5.41, 5.74) is 6.53. The first-order chi connectivity index (χ1) is 12.5. The van der Waals surface area contributed by atoms with Crippen molar-refractivity contribution >= 4 is 16.7 Å². The summed E-state index contributed by atoms with van der Waals surface area (Å²) in [7, 11) is 0. The molecule has 0 spiro atoms. The number of benzene rings is 1. The first-order valence-electron chi connectivity index (χ1n) is 8.52. The standard InChI is InChI=1S/C18H18F3N5/c19-9-4-12-13(7-23-16(12)14(20)5-9)17-24-8-15(21)18(26-17)25-11-3-1-2-10(22)6-11/h4-5,7-8,10-11,23H,1-3,6,22H2,(H,24,25,26)/t10-,11+/m1/s1. The molecule has 136 valence electrons. The minimum atomic E-state index is -0.706. The Hall–Kier alpha value is -2.61. The molecule has 0 aliphatic heterocycles. The number of nitrogens with one attached hydrogen (secondary N) is 2. The highest BCUT2D eigenvalue weighted by Gasteiger charge is 2.21. The Morgan fingerprint density at radius 3 is 2.81 bits per heavy atom. The topological polar surface area (TPSA) is 79.6 Å². The molecule has 8 heteroatoms. The molecule has 4 N–H and O–H groups in total. The van der Waals surface area contributed by atoms with Crippen molar-refractivity contribution in [1.29, 1.82) is 0 Å². The van der Waals surface area contributed by atoms with E-state index in [9.17, 15) is 13.2 Å². The molecule has 1 saturated carbocycles. The number of rotatable bonds is 3. The smallest absolute Gasteiger partial charge is 0.183 e. The largest absolute Gasteiger partial charge is 0.365 e. The zero-order valence-electron chi connectivity index (χ0n) is 13.9. The summed E-state index contributed by atoms with van der Waals surface area (Å²) in [6.45, 7) is 0. The number of aromatic amines is 1. The highest BCUT2D eigenvalue weighted by molar-refractivity contribution is 5.94. The Morgan fingerprint density at radius 2 is 2.00 bits per heavy atom. The molecule has 0 saturated heterocycles. The average Bonchev–Trinajstić information content (AvgIpc) is 3.01. The van der Waals surface area contributed by atoms with Crippen molar-refractivity contribution in [3.8, 4) is 11.4 Å². The van der Waals surface area contributed by atoms with Crippen LogP contribution in [0.1, 0.15) is 25.7 Å². The summed E-state index contributed by atoms with van der Waals surface area (Å²) in [5.74, 6) is -1.73. The minimum absolute atomic E-state index is 0.0360. The van der Waals surface area contributed by atoms with E-state index in [2.05, 4.69) is 20.3 Å². The SMILES string of the molecule is N[C@@H]1CCC[C@H](Nc2nc(-c3c[nH]c4c(F)cc(F)cc34)ncc2F)C1. The van der Waals surface area contributed by atoms with Gasteiger partial charge in [-0.15, -0.1) is 0 Å². The quantitative estimate of drug-likeness (QED) is 0.664. The lowest BCUT2D eigenvalue weighted by molar-refractivity contribution is 0.407. The van der Waals surface area contributed by atoms with Crippen LogP contribution in [0.3, 0.4) is 0 Å². The van der Waals surface area contributed by atoms with Crippen molar-refractivity contribution in [2.24, 2.45) is 5.73 Å². The zero-order valence-corrected chi connectivity index (χ0v) is 13.9. The van der Waals surface area contributed by atoms with Gasteiger partial charge in [0.2, 0.25) is 0 Å². The number of nitrogens with two attached hydrogens (primary N) is 1. The maximum atomic E-state index is 14.2. The summed E-state index contributed by atoms with van der Waals surface area (Å²) in [6, 6.07) is 2.12. The van der Waals surface area contributed by atoms with E-state index in [-0.39, 0.29) is 29.2 Å². The van der Waals surface area contributed by atoms with Crippen LogP contribution in [0.25, 0.3) is 22.3 Å². The van der Waals surface area contributed by atoms with E-state index in [0.717, 1.165) is 37.9 Å². The van der Waals surface area contributed by atoms with Gasteiger partial charge < -0.3 is 16.0 Å². The highest BCUT2D eigenvalue weighted by atomic mass is 19.1. The van der Waals surface area contributed by atoms with Crippen molar-refractivity contribution < 1.29 is 13.2 Å². The van der Waals surface area contributed by atoms with Crippen LogP contribution < -0.4 is 11.1 Å². The maximum Gasteiger partial charge on any atom is 0.183 e. The van der Waals surface area contributed by atoms with Gasteiger partial charge >= 0.3 is 0 Å². The van der Waals surface area contributed by atoms with Crippen LogP contribution in [-0.4, -0.2) is 27.0 Å². The number of H-pyrrole nitrogens is 1. The van der Waals surface area contributed by atoms with Gasteiger partial charge in [0.1, 0.15) is 11.6 Å². The van der Waals surface area contributed by atoms with Crippen LogP contribution in [0.5, 0.6) is 0 Å². The monoisotopic (exact) mass is 361 g/mol. The average molecular weight is 361 g/mol. The number of halogens is 3. The van der Waals surface area contributed by atoms with E-state index in [1.807, 2.05) is 0 Å². The molecule has 1 aliphatic rings. The summed E-state index contributed by atoms with van der Waals surface area (Å²) in [5, 5.41) is 3.39. The molecule has 1 aromatic carbocycles. The zero-order chi connectivity index (χ0) is 18.3. The van der Waals surface area contributed by atoms with Crippen LogP contribution in [0.4, 0.5) is 19.0 Å². The third-order valence-corrected chi connectivity index (χ3v) is 4.75. The summed E-state index contributed by atoms with van der Waals surface area (Å²) in [6.07, 6.45) is 6.10. The van der Waals surface area contributed by atoms with Crippen molar-refractivity contribution in [1.82, 2.24) is 15.0 Å². The molecule has 0 radical (unpaired) electrons. The van der Waals surface area contributed by atoms with Gasteiger partial charge in [-0.25, -0.2) is 23.1 Å². The van der Waals surface area contributed by atoms with Gasteiger partial charge in [0, 0.05) is 35.3 Å². The molecule has 1 fully saturated rings. The number of aromatic nitrogens is 3. The number of hydrogen-bond donors (Lipinski definition) is 3. The fraction of sp³-hybridized carbons (Fsp3) is 0.333. The second-order valence-electron chi connectivity index (χ2n) is 6.67. The van der Waals surface area contributed by atoms with Gasteiger partial charge in [-0.1, -0.05) is 0 Å². The van der Waals surface area contributed by atoms with Gasteiger partial charge in [0.15, 0.2) is 17.5 Å². The van der Waals surface area contributed by atoms with E-state index in [1.165, 1.54) is 12.3 Å². The first kappa shape index (κ1) is 16.8. The summed E-state index contributed by atoms with van der Waals surface area (Å²) < 4.78 is 41.6. The Labute approximate surface area is 147 Å². The lowest BCUT2D eigenvalue weighted by atomic mass is 9.92. The normalized spacial score (nSPS) is 20.5. The van der Waals surface area contributed by atoms with Gasteiger partial charge in [-0.2, -0.15) is 0 Å². The highest BCUT2D eigenvalue weighted by Crippen LogP contribution is 2.30. The number of fused-ring (bicyclic) bond motifs is 1. The first-order valence-corrected chi connectivity index (χ1v) is 8.52. The van der Waals surface area contributed by atoms with Gasteiger partial charge in [0.25, 0.3) is 0 Å². The van der Waals surface area contributed by atoms with Crippen molar-refractivity contribution in [2.75, 3.05) is 5.32 Å². The van der Waals surface area contributed by atoms with Crippen LogP contribution in [0.15, 0.2) is 24.5 Å². The molecule has 2 atom stereocenters. The molecule has 2 heterocycles. The maximum absolute atomic E-state index is 14.2. The third kappa shape index (κ3) is 3.12. The molecule has 1 aliphatic carbocycles. The van der Waals surface area contributed by atoms with Crippen LogP contribution in [-0.2, 0) is 0 Å². The molecule has 4 rings (SSSR count). The second kappa shape index (κ2) is 6.60. The van der Waals surface area contributed by atoms with Crippen LogP contribution >= 0.6 is 0 Å². The molecule has 0 bridgehead atoms. The third-order valence-electron chi connectivity index (χ3n) is 4.75. The molecule has 5 nitrogen and oxygen atoms in total. The van der Waals surface area contributed by atoms with Crippen LogP contribution in [0, 0.1) is 17.5 Å². The fourth-order valence-electron chi connectivity index (χ4n) is 3.49. The number of hydrogen-bond acceptors (Lipinski definition) is 4. The summed E-state index contributed by atoms with van der Waals surface area (Å²) in [4.78, 5) is 11.0. The van der Waals surface area contributed by atoms with E-state index < -0.39 is 17.5 Å². The molecule has 3 aromatic rings. The van der Waals surface area contributed by atoms with Crippen molar-refractivity contribution in [2.45, 2.75) is 37.8 Å². The Kier molecular flexibility index (Phi) is 4.28. The van der Waals surface area contributed by atoms with Crippen molar-refractivity contribution in [3.63, 3.8) is 0 Å². The van der Waals surface area contributed by atoms with Crippen molar-refractivity contribution in [3.05, 3.63) is 42.0 Å². The Morgan fingerprint density at radius 1 is 1.15 bits per heavy atom. The second-order valence-corrected chi connectivity index (χ2v) is 6.67. The number of nitrogens with zero attached hydrogens (tertiary/aromatic N) is 2. The molecule has 0 unspecified atom stereocenters. The number of anilines is 1. The predicted octanol–water partition coefficient (Wildman–Crippen LogP) is 3.72. The molecular formula is C18H18F3N5. The van der Waals surface area contributed by atoms with E-state index in [0.29, 0.717) is 10.9 Å². The Bertz CT molecular complexity index is 955. The van der Waals surface area contributed by atoms with Gasteiger partial charge in [-0.05, 0) is 31.7 Å². The van der Waals surface area contributed by atoms with E-state index in [1.54, 1.807) is 0 Å². The van der Waals surface area contributed by atoms with E-state index >= 15 is 0 Å². The molecule has 2 aromatic heterocycles. The molecule has 0 amide bonds. The molecule has 26 heavy (non-hydrogen) atoms. The van der Waals surface area contributed by atoms with Crippen LogP contribution in [0.2, 0.25) is 0 Å². The lowest BCUT2D eigenvalue weighted by Crippen LogP contribution is -2.35. The fourth-order valence-corrected chi connectivity index (χ4v) is 3.49. The van der Waals surface area contributed by atoms with Gasteiger partial charge in [-0.3, -0.25) is 0 Å². The molecular weight excluding hydrogens is 343 g/mol.